The predicted molar refractivity (Wildman–Crippen MR) is 238 cm³/mol. The van der Waals surface area contributed by atoms with Crippen molar-refractivity contribution in [1.82, 2.24) is 39.9 Å². The molecule has 2 saturated heterocycles. The number of imide groups is 1. The predicted octanol–water partition coefficient (Wildman–Crippen LogP) is 4.69. The number of fused-ring (bicyclic) bond motifs is 2. The van der Waals surface area contributed by atoms with Crippen LogP contribution in [-0.2, 0) is 14.3 Å². The number of hydrogen-bond donors (Lipinski definition) is 4. The highest BCUT2D eigenvalue weighted by Gasteiger charge is 2.44. The van der Waals surface area contributed by atoms with Gasteiger partial charge in [0.15, 0.2) is 0 Å². The Bertz CT molecular complexity index is 2440. The SMILES string of the molecule is Nc1ncnc2c1c(-c1ccc(Oc3ccccc3)cc1)cn2C1CCC(N2CCN(CCOCCNC(=O)CNc3cccc4c3C(=O)N(C3CCCNC3=O)C4=O)CC2)CC1. The van der Waals surface area contributed by atoms with Crippen LogP contribution in [0.5, 0.6) is 11.5 Å². The van der Waals surface area contributed by atoms with Crippen molar-refractivity contribution in [2.24, 2.45) is 0 Å². The van der Waals surface area contributed by atoms with Crippen LogP contribution in [-0.4, -0.2) is 131 Å². The Balaban J connectivity index is 0.681. The molecule has 3 aromatic carbocycles. The van der Waals surface area contributed by atoms with Gasteiger partial charge in [-0.05, 0) is 80.5 Å². The Morgan fingerprint density at radius 3 is 2.35 bits per heavy atom. The lowest BCUT2D eigenvalue weighted by Gasteiger charge is -2.42. The number of carbonyl (C=O) groups is 4. The second kappa shape index (κ2) is 18.9. The Labute approximate surface area is 366 Å². The van der Waals surface area contributed by atoms with Crippen LogP contribution in [0, 0.1) is 0 Å². The lowest BCUT2D eigenvalue weighted by molar-refractivity contribution is -0.126. The lowest BCUT2D eigenvalue weighted by Crippen LogP contribution is -2.52. The second-order valence-electron chi connectivity index (χ2n) is 16.7. The third kappa shape index (κ3) is 9.10. The summed E-state index contributed by atoms with van der Waals surface area (Å²) < 4.78 is 14.2. The van der Waals surface area contributed by atoms with Gasteiger partial charge < -0.3 is 35.7 Å². The molecule has 0 radical (unpaired) electrons. The molecule has 0 spiro atoms. The van der Waals surface area contributed by atoms with E-state index >= 15 is 0 Å². The summed E-state index contributed by atoms with van der Waals surface area (Å²) in [7, 11) is 0. The van der Waals surface area contributed by atoms with Gasteiger partial charge in [0.1, 0.15) is 35.3 Å². The van der Waals surface area contributed by atoms with Gasteiger partial charge >= 0.3 is 0 Å². The fourth-order valence-corrected chi connectivity index (χ4v) is 9.52. The molecule has 1 unspecified atom stereocenters. The van der Waals surface area contributed by atoms with E-state index in [-0.39, 0.29) is 29.5 Å². The summed E-state index contributed by atoms with van der Waals surface area (Å²) in [5.74, 6) is 0.456. The zero-order valence-electron chi connectivity index (χ0n) is 35.3. The average Bonchev–Trinajstić information content (AvgIpc) is 3.83. The number of piperidine rings is 1. The summed E-state index contributed by atoms with van der Waals surface area (Å²) >= 11 is 0. The van der Waals surface area contributed by atoms with Gasteiger partial charge in [0.25, 0.3) is 11.8 Å². The van der Waals surface area contributed by atoms with Gasteiger partial charge in [0.2, 0.25) is 11.8 Å². The maximum Gasteiger partial charge on any atom is 0.264 e. The molecular formula is C47H54N10O6. The molecule has 63 heavy (non-hydrogen) atoms. The van der Waals surface area contributed by atoms with Crippen molar-refractivity contribution >= 4 is 46.2 Å². The molecule has 1 aliphatic carbocycles. The van der Waals surface area contributed by atoms with Crippen molar-refractivity contribution < 1.29 is 28.7 Å². The molecule has 0 bridgehead atoms. The number of ether oxygens (including phenoxy) is 2. The first-order chi connectivity index (χ1) is 30.8. The van der Waals surface area contributed by atoms with E-state index in [1.54, 1.807) is 24.5 Å². The summed E-state index contributed by atoms with van der Waals surface area (Å²) in [6, 6.07) is 22.8. The van der Waals surface area contributed by atoms with Gasteiger partial charge in [0.05, 0.1) is 36.3 Å². The quantitative estimate of drug-likeness (QED) is 0.0842. The summed E-state index contributed by atoms with van der Waals surface area (Å²) in [5, 5.41) is 9.48. The molecule has 2 aromatic heterocycles. The van der Waals surface area contributed by atoms with Crippen LogP contribution in [0.15, 0.2) is 85.3 Å². The van der Waals surface area contributed by atoms with Gasteiger partial charge in [-0.2, -0.15) is 0 Å². The number of nitrogens with zero attached hydrogens (tertiary/aromatic N) is 6. The third-order valence-corrected chi connectivity index (χ3v) is 12.8. The number of aromatic nitrogens is 3. The third-order valence-electron chi connectivity index (χ3n) is 12.8. The van der Waals surface area contributed by atoms with E-state index in [2.05, 4.69) is 53.6 Å². The zero-order chi connectivity index (χ0) is 43.3. The number of anilines is 2. The smallest absolute Gasteiger partial charge is 0.264 e. The number of para-hydroxylation sites is 1. The molecule has 4 aliphatic rings. The highest BCUT2D eigenvalue weighted by atomic mass is 16.5. The van der Waals surface area contributed by atoms with Crippen LogP contribution in [0.2, 0.25) is 0 Å². The minimum absolute atomic E-state index is 0.0797. The van der Waals surface area contributed by atoms with Crippen molar-refractivity contribution in [2.75, 3.05) is 76.6 Å². The molecule has 3 fully saturated rings. The lowest BCUT2D eigenvalue weighted by atomic mass is 9.89. The van der Waals surface area contributed by atoms with Crippen molar-refractivity contribution in [3.8, 4) is 22.6 Å². The second-order valence-corrected chi connectivity index (χ2v) is 16.7. The molecule has 9 rings (SSSR count). The van der Waals surface area contributed by atoms with Gasteiger partial charge in [-0.15, -0.1) is 0 Å². The largest absolute Gasteiger partial charge is 0.457 e. The van der Waals surface area contributed by atoms with E-state index in [9.17, 15) is 19.2 Å². The summed E-state index contributed by atoms with van der Waals surface area (Å²) in [6.07, 6.45) is 9.27. The summed E-state index contributed by atoms with van der Waals surface area (Å²) in [5.41, 5.74) is 10.2. The maximum absolute atomic E-state index is 13.3. The van der Waals surface area contributed by atoms with Crippen LogP contribution < -0.4 is 26.4 Å². The first-order valence-electron chi connectivity index (χ1n) is 22.1. The minimum atomic E-state index is -0.826. The number of carbonyl (C=O) groups excluding carboxylic acids is 4. The summed E-state index contributed by atoms with van der Waals surface area (Å²) in [6.45, 7) is 6.63. The Hall–Kier alpha value is -6.36. The van der Waals surface area contributed by atoms with Gasteiger partial charge in [0, 0.05) is 75.3 Å². The molecule has 16 heteroatoms. The maximum atomic E-state index is 13.3. The van der Waals surface area contributed by atoms with Gasteiger partial charge in [-0.25, -0.2) is 9.97 Å². The first-order valence-corrected chi connectivity index (χ1v) is 22.1. The van der Waals surface area contributed by atoms with Crippen molar-refractivity contribution in [3.63, 3.8) is 0 Å². The molecular weight excluding hydrogens is 801 g/mol. The molecule has 3 aliphatic heterocycles. The van der Waals surface area contributed by atoms with Crippen LogP contribution in [0.3, 0.4) is 0 Å². The number of nitrogen functional groups attached to an aromatic ring is 1. The zero-order valence-corrected chi connectivity index (χ0v) is 35.3. The average molecular weight is 855 g/mol. The number of nitrogens with two attached hydrogens (primary N) is 1. The fraction of sp³-hybridized carbons (Fsp3) is 0.404. The number of rotatable bonds is 15. The minimum Gasteiger partial charge on any atom is -0.457 e. The normalized spacial score (nSPS) is 20.7. The van der Waals surface area contributed by atoms with Crippen molar-refractivity contribution in [2.45, 2.75) is 56.7 Å². The molecule has 1 atom stereocenters. The number of amides is 4. The van der Waals surface area contributed by atoms with E-state index in [0.717, 1.165) is 97.0 Å². The molecule has 1 saturated carbocycles. The molecule has 16 nitrogen and oxygen atoms in total. The fourth-order valence-electron chi connectivity index (χ4n) is 9.52. The van der Waals surface area contributed by atoms with E-state index in [1.807, 2.05) is 42.5 Å². The van der Waals surface area contributed by atoms with E-state index in [1.165, 1.54) is 0 Å². The molecule has 5 N–H and O–H groups in total. The Morgan fingerprint density at radius 1 is 0.810 bits per heavy atom. The van der Waals surface area contributed by atoms with E-state index < -0.39 is 17.9 Å². The highest BCUT2D eigenvalue weighted by Crippen LogP contribution is 2.40. The van der Waals surface area contributed by atoms with E-state index in [4.69, 9.17) is 20.2 Å². The number of benzene rings is 3. The molecule has 328 valence electrons. The topological polar surface area (TPSA) is 189 Å². The van der Waals surface area contributed by atoms with Crippen LogP contribution in [0.1, 0.15) is 65.3 Å². The molecule has 5 heterocycles. The van der Waals surface area contributed by atoms with Crippen LogP contribution in [0.4, 0.5) is 11.5 Å². The molecule has 5 aromatic rings. The van der Waals surface area contributed by atoms with Gasteiger partial charge in [-0.3, -0.25) is 33.9 Å². The van der Waals surface area contributed by atoms with Crippen molar-refractivity contribution in [1.29, 1.82) is 0 Å². The standard InChI is InChI=1S/C47H54N10O6/c48-43-42-37(31-11-17-35(18-12-31)63-34-6-2-1-3-7-34)29-56(44(42)53-30-52-43)33-15-13-32(14-16-33)55-23-21-54(22-24-55)25-27-62-26-20-49-40(58)28-51-38-9-4-8-36-41(38)47(61)57(46(36)60)39-10-5-19-50-45(39)59/h1-4,6-9,11-12,17-18,29-30,32-33,39,51H,5,10,13-16,19-28H2,(H,49,58)(H,50,59)(H2,48,52,53). The highest BCUT2D eigenvalue weighted by molar-refractivity contribution is 6.25. The number of hydrogen-bond acceptors (Lipinski definition) is 12. The van der Waals surface area contributed by atoms with Crippen LogP contribution in [0.25, 0.3) is 22.2 Å². The van der Waals surface area contributed by atoms with Crippen LogP contribution >= 0.6 is 0 Å². The van der Waals surface area contributed by atoms with E-state index in [0.29, 0.717) is 62.7 Å². The number of nitrogens with one attached hydrogen (secondary N) is 3. The first kappa shape index (κ1) is 42.0. The Morgan fingerprint density at radius 2 is 1.57 bits per heavy atom. The monoisotopic (exact) mass is 854 g/mol. The summed E-state index contributed by atoms with van der Waals surface area (Å²) in [4.78, 5) is 66.7. The van der Waals surface area contributed by atoms with Crippen molar-refractivity contribution in [3.05, 3.63) is 96.4 Å². The Kier molecular flexibility index (Phi) is 12.6. The molecule has 4 amide bonds. The number of piperazine rings is 1. The van der Waals surface area contributed by atoms with Gasteiger partial charge in [-0.1, -0.05) is 36.4 Å².